The van der Waals surface area contributed by atoms with Gasteiger partial charge in [-0.2, -0.15) is 0 Å². The van der Waals surface area contributed by atoms with E-state index in [1.54, 1.807) is 59.5 Å². The molecule has 212 valence electrons. The van der Waals surface area contributed by atoms with Crippen molar-refractivity contribution in [2.45, 2.75) is 20.3 Å². The molecule has 0 aliphatic heterocycles. The lowest BCUT2D eigenvalue weighted by Gasteiger charge is -2.24. The van der Waals surface area contributed by atoms with Gasteiger partial charge < -0.3 is 9.84 Å². The highest BCUT2D eigenvalue weighted by atomic mass is 16.5. The van der Waals surface area contributed by atoms with E-state index >= 15 is 0 Å². The molecule has 0 unspecified atom stereocenters. The molecule has 0 saturated heterocycles. The van der Waals surface area contributed by atoms with E-state index in [0.29, 0.717) is 28.3 Å². The summed E-state index contributed by atoms with van der Waals surface area (Å²) in [6.07, 6.45) is 3.80. The van der Waals surface area contributed by atoms with Crippen LogP contribution in [0.3, 0.4) is 0 Å². The van der Waals surface area contributed by atoms with Crippen molar-refractivity contribution in [3.63, 3.8) is 0 Å². The Bertz CT molecular complexity index is 1620. The average Bonchev–Trinajstić information content (AvgIpc) is 2.97. The zero-order chi connectivity index (χ0) is 30.2. The minimum absolute atomic E-state index is 0.0326. The summed E-state index contributed by atoms with van der Waals surface area (Å²) in [5, 5.41) is 9.02. The molecule has 0 atom stereocenters. The minimum atomic E-state index is -0.876. The maximum atomic E-state index is 12.7. The number of rotatable bonds is 9. The Balaban J connectivity index is 1.53. The molecule has 1 N–H and O–H groups in total. The Morgan fingerprint density at radius 1 is 0.667 bits per heavy atom. The molecule has 4 aromatic rings. The number of hydrogen-bond acceptors (Lipinski definition) is 5. The van der Waals surface area contributed by atoms with Crippen molar-refractivity contribution in [1.29, 1.82) is 0 Å². The van der Waals surface area contributed by atoms with E-state index in [2.05, 4.69) is 0 Å². The Morgan fingerprint density at radius 3 is 1.57 bits per heavy atom. The highest BCUT2D eigenvalue weighted by molar-refractivity contribution is 6.02. The number of carbonyl (C=O) groups is 4. The third-order valence-electron chi connectivity index (χ3n) is 6.47. The lowest BCUT2D eigenvalue weighted by molar-refractivity contribution is -0.136. The second kappa shape index (κ2) is 13.2. The summed E-state index contributed by atoms with van der Waals surface area (Å²) >= 11 is 0. The molecule has 0 aromatic heterocycles. The number of ether oxygens (including phenoxy) is 1. The molecule has 0 fully saturated rings. The topological polar surface area (TPSA) is 104 Å². The van der Waals surface area contributed by atoms with Crippen LogP contribution in [0.4, 0.5) is 22.7 Å². The maximum absolute atomic E-state index is 12.7. The van der Waals surface area contributed by atoms with Crippen LogP contribution in [0.1, 0.15) is 40.9 Å². The monoisotopic (exact) mass is 562 g/mol. The third-order valence-corrected chi connectivity index (χ3v) is 6.47. The van der Waals surface area contributed by atoms with E-state index in [1.165, 1.54) is 25.9 Å². The summed E-state index contributed by atoms with van der Waals surface area (Å²) in [5.41, 5.74) is 5.41. The first-order valence-corrected chi connectivity index (χ1v) is 13.1. The predicted octanol–water partition coefficient (Wildman–Crippen LogP) is 6.64. The molecule has 0 saturated carbocycles. The molecule has 0 spiro atoms. The fourth-order valence-corrected chi connectivity index (χ4v) is 4.55. The molecule has 4 aromatic carbocycles. The number of aliphatic carboxylic acids is 1. The van der Waals surface area contributed by atoms with Gasteiger partial charge in [0, 0.05) is 36.6 Å². The van der Waals surface area contributed by atoms with Gasteiger partial charge in [-0.05, 0) is 77.4 Å². The number of anilines is 4. The van der Waals surface area contributed by atoms with Crippen LogP contribution < -0.4 is 9.80 Å². The van der Waals surface area contributed by atoms with Crippen molar-refractivity contribution in [2.24, 2.45) is 0 Å². The van der Waals surface area contributed by atoms with Crippen LogP contribution in [-0.2, 0) is 25.5 Å². The van der Waals surface area contributed by atoms with E-state index in [-0.39, 0.29) is 18.2 Å². The number of carbonyl (C=O) groups excluding carboxylic acids is 3. The van der Waals surface area contributed by atoms with Gasteiger partial charge in [-0.3, -0.25) is 24.2 Å². The van der Waals surface area contributed by atoms with Gasteiger partial charge in [-0.15, -0.1) is 0 Å². The number of carboxylic acid groups (broad SMARTS) is 1. The Labute approximate surface area is 244 Å². The van der Waals surface area contributed by atoms with Crippen LogP contribution in [0.25, 0.3) is 12.2 Å². The molecule has 8 nitrogen and oxygen atoms in total. The summed E-state index contributed by atoms with van der Waals surface area (Å²) in [7, 11) is 1.31. The summed E-state index contributed by atoms with van der Waals surface area (Å²) in [5.74, 6) is -1.73. The number of nitrogens with zero attached hydrogens (tertiary/aromatic N) is 2. The summed E-state index contributed by atoms with van der Waals surface area (Å²) < 4.78 is 4.74. The van der Waals surface area contributed by atoms with Crippen LogP contribution in [0, 0.1) is 0 Å². The number of methoxy groups -OCH3 is 1. The van der Waals surface area contributed by atoms with Crippen molar-refractivity contribution >= 4 is 58.7 Å². The van der Waals surface area contributed by atoms with Crippen LogP contribution in [0.5, 0.6) is 0 Å². The first-order valence-electron chi connectivity index (χ1n) is 13.1. The van der Waals surface area contributed by atoms with Crippen molar-refractivity contribution in [2.75, 3.05) is 16.9 Å². The third kappa shape index (κ3) is 7.17. The van der Waals surface area contributed by atoms with Crippen molar-refractivity contribution in [3.05, 3.63) is 119 Å². The van der Waals surface area contributed by atoms with Crippen LogP contribution in [0.15, 0.2) is 97.1 Å². The Hall–Kier alpha value is -5.50. The smallest absolute Gasteiger partial charge is 0.337 e. The zero-order valence-electron chi connectivity index (χ0n) is 23.5. The van der Waals surface area contributed by atoms with Gasteiger partial charge in [0.1, 0.15) is 0 Å². The molecule has 0 aliphatic carbocycles. The second-order valence-electron chi connectivity index (χ2n) is 9.50. The SMILES string of the molecule is COC(=O)c1ccc(N(C(C)=O)c2ccc(N(C(C)=O)c3ccc(/C=C/c4cccc(CC(=O)O)c4)cc3)cc2)cc1. The lowest BCUT2D eigenvalue weighted by Crippen LogP contribution is -2.24. The standard InChI is InChI=1S/C34H30N2O6/c1-23(37)35(29-13-9-25(10-14-29)7-8-26-5-4-6-27(21-26)22-33(39)40)31-17-19-32(20-18-31)36(24(2)38)30-15-11-28(12-16-30)34(41)42-3/h4-21H,22H2,1-3H3,(H,39,40)/b8-7+. The van der Waals surface area contributed by atoms with Crippen LogP contribution in [0.2, 0.25) is 0 Å². The van der Waals surface area contributed by atoms with Gasteiger partial charge in [0.05, 0.1) is 19.1 Å². The molecule has 4 rings (SSSR count). The fourth-order valence-electron chi connectivity index (χ4n) is 4.55. The Kier molecular flexibility index (Phi) is 9.29. The van der Waals surface area contributed by atoms with Crippen LogP contribution >= 0.6 is 0 Å². The number of amides is 2. The molecule has 0 bridgehead atoms. The molecule has 0 radical (unpaired) electrons. The van der Waals surface area contributed by atoms with Gasteiger partial charge in [0.2, 0.25) is 11.8 Å². The number of carboxylic acids is 1. The summed E-state index contributed by atoms with van der Waals surface area (Å²) in [4.78, 5) is 51.1. The zero-order valence-corrected chi connectivity index (χ0v) is 23.5. The molecular formula is C34H30N2O6. The molecular weight excluding hydrogens is 532 g/mol. The molecule has 42 heavy (non-hydrogen) atoms. The molecule has 8 heteroatoms. The second-order valence-corrected chi connectivity index (χ2v) is 9.50. The van der Waals surface area contributed by atoms with E-state index in [0.717, 1.165) is 16.7 Å². The van der Waals surface area contributed by atoms with Gasteiger partial charge in [-0.25, -0.2) is 4.79 Å². The number of esters is 1. The fraction of sp³-hybridized carbons (Fsp3) is 0.118. The van der Waals surface area contributed by atoms with Crippen molar-refractivity contribution in [3.8, 4) is 0 Å². The first kappa shape index (κ1) is 29.5. The van der Waals surface area contributed by atoms with Gasteiger partial charge in [0.25, 0.3) is 0 Å². The van der Waals surface area contributed by atoms with Gasteiger partial charge in [0.15, 0.2) is 0 Å². The van der Waals surface area contributed by atoms with E-state index in [4.69, 9.17) is 9.84 Å². The minimum Gasteiger partial charge on any atom is -0.481 e. The summed E-state index contributed by atoms with van der Waals surface area (Å²) in [6, 6.07) is 28.4. The number of benzene rings is 4. The largest absolute Gasteiger partial charge is 0.481 e. The van der Waals surface area contributed by atoms with Gasteiger partial charge >= 0.3 is 11.9 Å². The van der Waals surface area contributed by atoms with E-state index < -0.39 is 11.9 Å². The van der Waals surface area contributed by atoms with E-state index in [1.807, 2.05) is 54.6 Å². The average molecular weight is 563 g/mol. The molecule has 0 aliphatic rings. The van der Waals surface area contributed by atoms with Gasteiger partial charge in [-0.1, -0.05) is 48.6 Å². The van der Waals surface area contributed by atoms with Crippen LogP contribution in [-0.4, -0.2) is 36.0 Å². The van der Waals surface area contributed by atoms with Crippen molar-refractivity contribution < 1.29 is 29.0 Å². The number of hydrogen-bond donors (Lipinski definition) is 1. The quantitative estimate of drug-likeness (QED) is 0.181. The highest BCUT2D eigenvalue weighted by Crippen LogP contribution is 2.31. The normalized spacial score (nSPS) is 10.7. The first-order chi connectivity index (χ1) is 20.2. The molecule has 2 amide bonds. The van der Waals surface area contributed by atoms with E-state index in [9.17, 15) is 19.2 Å². The maximum Gasteiger partial charge on any atom is 0.337 e. The highest BCUT2D eigenvalue weighted by Gasteiger charge is 2.18. The summed E-state index contributed by atoms with van der Waals surface area (Å²) in [6.45, 7) is 2.93. The molecule has 0 heterocycles. The Morgan fingerprint density at radius 2 is 1.12 bits per heavy atom. The lowest BCUT2D eigenvalue weighted by atomic mass is 10.1. The van der Waals surface area contributed by atoms with Crippen molar-refractivity contribution in [1.82, 2.24) is 0 Å². The predicted molar refractivity (Wildman–Crippen MR) is 163 cm³/mol.